The molecular weight excluding hydrogens is 433 g/mol. The van der Waals surface area contributed by atoms with E-state index in [1.54, 1.807) is 54.1 Å². The van der Waals surface area contributed by atoms with Gasteiger partial charge < -0.3 is 10.1 Å². The summed E-state index contributed by atoms with van der Waals surface area (Å²) in [6.45, 7) is 3.90. The molecular formula is C23H21ClFN5O2. The number of amides is 1. The van der Waals surface area contributed by atoms with Gasteiger partial charge in [0.1, 0.15) is 17.3 Å². The lowest BCUT2D eigenvalue weighted by Crippen LogP contribution is -2.20. The van der Waals surface area contributed by atoms with E-state index in [9.17, 15) is 9.18 Å². The predicted molar refractivity (Wildman–Crippen MR) is 119 cm³/mol. The zero-order chi connectivity index (χ0) is 22.7. The highest BCUT2D eigenvalue weighted by molar-refractivity contribution is 6.32. The molecule has 0 fully saturated rings. The van der Waals surface area contributed by atoms with Crippen LogP contribution in [0.1, 0.15) is 27.4 Å². The molecule has 0 aliphatic heterocycles. The van der Waals surface area contributed by atoms with Crippen molar-refractivity contribution in [3.05, 3.63) is 94.3 Å². The monoisotopic (exact) mass is 453 g/mol. The molecule has 1 amide bonds. The Labute approximate surface area is 189 Å². The van der Waals surface area contributed by atoms with Gasteiger partial charge >= 0.3 is 0 Å². The number of nitrogens with zero attached hydrogens (tertiary/aromatic N) is 4. The number of benzene rings is 2. The molecule has 0 unspecified atom stereocenters. The highest BCUT2D eigenvalue weighted by Gasteiger charge is 2.19. The Hall–Kier alpha value is -3.65. The van der Waals surface area contributed by atoms with Gasteiger partial charge in [-0.05, 0) is 38.1 Å². The van der Waals surface area contributed by atoms with Gasteiger partial charge in [0, 0.05) is 11.8 Å². The van der Waals surface area contributed by atoms with Crippen molar-refractivity contribution in [3.63, 3.8) is 0 Å². The number of para-hydroxylation sites is 1. The van der Waals surface area contributed by atoms with Crippen LogP contribution >= 0.6 is 11.6 Å². The Kier molecular flexibility index (Phi) is 6.23. The van der Waals surface area contributed by atoms with Crippen LogP contribution in [0.3, 0.4) is 0 Å². The Bertz CT molecular complexity index is 1270. The number of hydrogen-bond acceptors (Lipinski definition) is 4. The minimum atomic E-state index is -0.359. The first-order valence-corrected chi connectivity index (χ1v) is 10.3. The van der Waals surface area contributed by atoms with Crippen molar-refractivity contribution in [1.29, 1.82) is 0 Å². The number of anilines is 1. The predicted octanol–water partition coefficient (Wildman–Crippen LogP) is 4.83. The number of ether oxygens (including phenoxy) is 1. The van der Waals surface area contributed by atoms with Gasteiger partial charge in [0.05, 0.1) is 28.6 Å². The maximum Gasteiger partial charge on any atom is 0.274 e. The van der Waals surface area contributed by atoms with E-state index >= 15 is 0 Å². The summed E-state index contributed by atoms with van der Waals surface area (Å²) in [5.74, 6) is -0.160. The van der Waals surface area contributed by atoms with E-state index in [0.29, 0.717) is 33.4 Å². The average Bonchev–Trinajstić information content (AvgIpc) is 3.35. The highest BCUT2D eigenvalue weighted by Crippen LogP contribution is 2.24. The molecule has 0 bridgehead atoms. The van der Waals surface area contributed by atoms with Crippen molar-refractivity contribution < 1.29 is 13.9 Å². The molecule has 4 aromatic rings. The fraction of sp³-hybridized carbons (Fsp3) is 0.174. The first kappa shape index (κ1) is 21.6. The van der Waals surface area contributed by atoms with E-state index in [1.165, 1.54) is 16.9 Å². The Morgan fingerprint density at radius 2 is 1.84 bits per heavy atom. The van der Waals surface area contributed by atoms with Crippen LogP contribution in [0.2, 0.25) is 5.02 Å². The molecule has 9 heteroatoms. The maximum absolute atomic E-state index is 14.0. The quantitative estimate of drug-likeness (QED) is 0.435. The SMILES string of the molecule is Cc1nn(Cc2ccccc2F)c(C)c1NC(=O)c1ccnn1COc1ccccc1Cl. The van der Waals surface area contributed by atoms with Crippen molar-refractivity contribution in [3.8, 4) is 5.75 Å². The zero-order valence-corrected chi connectivity index (χ0v) is 18.3. The van der Waals surface area contributed by atoms with Crippen LogP contribution in [0.4, 0.5) is 10.1 Å². The largest absolute Gasteiger partial charge is 0.470 e. The molecule has 0 saturated carbocycles. The number of carbonyl (C=O) groups is 1. The summed E-state index contributed by atoms with van der Waals surface area (Å²) in [5.41, 5.74) is 2.76. The van der Waals surface area contributed by atoms with Crippen LogP contribution < -0.4 is 10.1 Å². The van der Waals surface area contributed by atoms with E-state index < -0.39 is 0 Å². The van der Waals surface area contributed by atoms with Crippen molar-refractivity contribution in [2.24, 2.45) is 0 Å². The molecule has 0 atom stereocenters. The number of rotatable bonds is 7. The number of aryl methyl sites for hydroxylation is 1. The fourth-order valence-corrected chi connectivity index (χ4v) is 3.51. The van der Waals surface area contributed by atoms with Crippen LogP contribution in [-0.2, 0) is 13.3 Å². The maximum atomic E-state index is 14.0. The second-order valence-electron chi connectivity index (χ2n) is 7.17. The van der Waals surface area contributed by atoms with Gasteiger partial charge in [-0.15, -0.1) is 0 Å². The summed E-state index contributed by atoms with van der Waals surface area (Å²) < 4.78 is 22.8. The molecule has 4 rings (SSSR count). The molecule has 0 spiro atoms. The summed E-state index contributed by atoms with van der Waals surface area (Å²) >= 11 is 6.11. The van der Waals surface area contributed by atoms with Crippen molar-refractivity contribution >= 4 is 23.2 Å². The third-order valence-electron chi connectivity index (χ3n) is 5.03. The molecule has 32 heavy (non-hydrogen) atoms. The number of nitrogens with one attached hydrogen (secondary N) is 1. The topological polar surface area (TPSA) is 74.0 Å². The van der Waals surface area contributed by atoms with Crippen LogP contribution in [0.25, 0.3) is 0 Å². The molecule has 7 nitrogen and oxygen atoms in total. The average molecular weight is 454 g/mol. The van der Waals surface area contributed by atoms with E-state index in [-0.39, 0.29) is 25.0 Å². The number of carbonyl (C=O) groups excluding carboxylic acids is 1. The summed E-state index contributed by atoms with van der Waals surface area (Å²) in [4.78, 5) is 12.9. The highest BCUT2D eigenvalue weighted by atomic mass is 35.5. The molecule has 0 saturated heterocycles. The van der Waals surface area contributed by atoms with Crippen LogP contribution in [-0.4, -0.2) is 25.5 Å². The molecule has 2 aromatic carbocycles. The molecule has 2 aromatic heterocycles. The van der Waals surface area contributed by atoms with Crippen molar-refractivity contribution in [2.75, 3.05) is 5.32 Å². The lowest BCUT2D eigenvalue weighted by Gasteiger charge is -2.11. The van der Waals surface area contributed by atoms with Gasteiger partial charge in [-0.3, -0.25) is 9.48 Å². The Morgan fingerprint density at radius 1 is 1.09 bits per heavy atom. The second-order valence-corrected chi connectivity index (χ2v) is 7.58. The van der Waals surface area contributed by atoms with Crippen LogP contribution in [0, 0.1) is 19.7 Å². The fourth-order valence-electron chi connectivity index (χ4n) is 3.32. The third kappa shape index (κ3) is 4.50. The number of aromatic nitrogens is 4. The zero-order valence-electron chi connectivity index (χ0n) is 17.5. The summed E-state index contributed by atoms with van der Waals surface area (Å²) in [6.07, 6.45) is 1.52. The lowest BCUT2D eigenvalue weighted by molar-refractivity contribution is 0.100. The Morgan fingerprint density at radius 3 is 2.62 bits per heavy atom. The van der Waals surface area contributed by atoms with Gasteiger partial charge in [-0.25, -0.2) is 9.07 Å². The summed E-state index contributed by atoms with van der Waals surface area (Å²) in [5, 5.41) is 12.0. The summed E-state index contributed by atoms with van der Waals surface area (Å²) in [7, 11) is 0. The normalized spacial score (nSPS) is 10.9. The van der Waals surface area contributed by atoms with Gasteiger partial charge in [0.2, 0.25) is 0 Å². The first-order chi connectivity index (χ1) is 15.4. The van der Waals surface area contributed by atoms with Gasteiger partial charge in [0.15, 0.2) is 6.73 Å². The smallest absolute Gasteiger partial charge is 0.274 e. The molecule has 164 valence electrons. The molecule has 0 aliphatic carbocycles. The minimum Gasteiger partial charge on any atom is -0.470 e. The standard InChI is InChI=1S/C23H21ClFN5O2/c1-15-22(16(2)29(28-15)13-17-7-3-5-9-19(17)25)27-23(31)20-11-12-26-30(20)14-32-21-10-6-4-8-18(21)24/h3-12H,13-14H2,1-2H3,(H,27,31). The number of halogens is 2. The second kappa shape index (κ2) is 9.23. The first-order valence-electron chi connectivity index (χ1n) is 9.92. The van der Waals surface area contributed by atoms with E-state index in [2.05, 4.69) is 15.5 Å². The van der Waals surface area contributed by atoms with Gasteiger partial charge in [-0.2, -0.15) is 10.2 Å². The van der Waals surface area contributed by atoms with E-state index in [1.807, 2.05) is 13.0 Å². The lowest BCUT2D eigenvalue weighted by atomic mass is 10.2. The minimum absolute atomic E-state index is 0.0179. The molecule has 0 aliphatic rings. The van der Waals surface area contributed by atoms with Gasteiger partial charge in [-0.1, -0.05) is 41.9 Å². The van der Waals surface area contributed by atoms with Crippen LogP contribution in [0.15, 0.2) is 60.8 Å². The number of hydrogen-bond donors (Lipinski definition) is 1. The van der Waals surface area contributed by atoms with Crippen molar-refractivity contribution in [1.82, 2.24) is 19.6 Å². The Balaban J connectivity index is 1.49. The van der Waals surface area contributed by atoms with Crippen molar-refractivity contribution in [2.45, 2.75) is 27.1 Å². The van der Waals surface area contributed by atoms with E-state index in [4.69, 9.17) is 16.3 Å². The molecule has 0 radical (unpaired) electrons. The third-order valence-corrected chi connectivity index (χ3v) is 5.34. The van der Waals surface area contributed by atoms with Crippen LogP contribution in [0.5, 0.6) is 5.75 Å². The van der Waals surface area contributed by atoms with E-state index in [0.717, 1.165) is 5.69 Å². The molecule has 1 N–H and O–H groups in total. The summed E-state index contributed by atoms with van der Waals surface area (Å²) in [6, 6.07) is 15.2. The van der Waals surface area contributed by atoms with Gasteiger partial charge in [0.25, 0.3) is 5.91 Å². The molecule has 2 heterocycles.